The summed E-state index contributed by atoms with van der Waals surface area (Å²) >= 11 is 0. The molecular weight excluding hydrogens is 348 g/mol. The molecule has 0 N–H and O–H groups in total. The lowest BCUT2D eigenvalue weighted by atomic mass is 9.91. The lowest BCUT2D eigenvalue weighted by molar-refractivity contribution is 0.114. The molecule has 2 fully saturated rings. The molecule has 0 spiro atoms. The van der Waals surface area contributed by atoms with E-state index in [1.165, 1.54) is 48.4 Å². The van der Waals surface area contributed by atoms with Crippen molar-refractivity contribution in [3.8, 4) is 0 Å². The molecule has 0 atom stereocenters. The van der Waals surface area contributed by atoms with Gasteiger partial charge in [-0.2, -0.15) is 0 Å². The number of hydrogen-bond donors (Lipinski definition) is 0. The van der Waals surface area contributed by atoms with E-state index in [1.807, 2.05) is 0 Å². The van der Waals surface area contributed by atoms with Crippen LogP contribution in [-0.2, 0) is 22.7 Å². The summed E-state index contributed by atoms with van der Waals surface area (Å²) in [5.41, 5.74) is 5.19. The molecular formula is C24H32N2O2. The molecule has 0 aliphatic carbocycles. The van der Waals surface area contributed by atoms with Gasteiger partial charge in [0.2, 0.25) is 0 Å². The van der Waals surface area contributed by atoms with Gasteiger partial charge in [0.25, 0.3) is 0 Å². The Bertz CT molecular complexity index is 692. The van der Waals surface area contributed by atoms with Crippen molar-refractivity contribution in [3.63, 3.8) is 0 Å². The Hall–Kier alpha value is -1.72. The summed E-state index contributed by atoms with van der Waals surface area (Å²) < 4.78 is 11.7. The second-order valence-corrected chi connectivity index (χ2v) is 8.00. The lowest BCUT2D eigenvalue weighted by Gasteiger charge is -2.15. The van der Waals surface area contributed by atoms with Crippen molar-refractivity contribution in [2.24, 2.45) is 0 Å². The lowest BCUT2D eigenvalue weighted by Crippen LogP contribution is -2.08. The van der Waals surface area contributed by atoms with Gasteiger partial charge in [0.05, 0.1) is 26.4 Å². The van der Waals surface area contributed by atoms with Gasteiger partial charge in [-0.15, -0.1) is 0 Å². The molecule has 2 aliphatic rings. The maximum atomic E-state index is 5.84. The molecule has 150 valence electrons. The predicted molar refractivity (Wildman–Crippen MR) is 113 cm³/mol. The second kappa shape index (κ2) is 9.66. The Balaban J connectivity index is 1.30. The van der Waals surface area contributed by atoms with Gasteiger partial charge in [0.15, 0.2) is 0 Å². The molecule has 28 heavy (non-hydrogen) atoms. The van der Waals surface area contributed by atoms with Gasteiger partial charge in [0, 0.05) is 45.2 Å². The standard InChI is InChI=1S/C24H32N2O2/c1-20(23-6-2-4-21(16-23)18-27-14-12-25-8-9-25)24-7-3-5-22(17-24)19-28-15-13-26-10-11-26/h2-7,16-17,20H,8-15,18-19H2,1H3. The van der Waals surface area contributed by atoms with Gasteiger partial charge in [-0.1, -0.05) is 55.5 Å². The highest BCUT2D eigenvalue weighted by Crippen LogP contribution is 2.26. The maximum absolute atomic E-state index is 5.84. The fraction of sp³-hybridized carbons (Fsp3) is 0.500. The molecule has 0 saturated carbocycles. The van der Waals surface area contributed by atoms with Crippen molar-refractivity contribution in [1.29, 1.82) is 0 Å². The van der Waals surface area contributed by atoms with Crippen LogP contribution in [0.4, 0.5) is 0 Å². The van der Waals surface area contributed by atoms with Crippen molar-refractivity contribution in [3.05, 3.63) is 70.8 Å². The Morgan fingerprint density at radius 2 is 1.21 bits per heavy atom. The van der Waals surface area contributed by atoms with Crippen LogP contribution in [0.5, 0.6) is 0 Å². The summed E-state index contributed by atoms with van der Waals surface area (Å²) in [7, 11) is 0. The molecule has 4 nitrogen and oxygen atoms in total. The molecule has 4 rings (SSSR count). The highest BCUT2D eigenvalue weighted by atomic mass is 16.5. The summed E-state index contributed by atoms with van der Waals surface area (Å²) in [6.07, 6.45) is 0. The quantitative estimate of drug-likeness (QED) is 0.416. The first-order valence-electron chi connectivity index (χ1n) is 10.6. The van der Waals surface area contributed by atoms with E-state index in [1.54, 1.807) is 0 Å². The molecule has 0 bridgehead atoms. The minimum absolute atomic E-state index is 0.357. The van der Waals surface area contributed by atoms with Crippen LogP contribution in [0.25, 0.3) is 0 Å². The van der Waals surface area contributed by atoms with Crippen molar-refractivity contribution in [2.45, 2.75) is 26.1 Å². The number of rotatable bonds is 12. The van der Waals surface area contributed by atoms with E-state index in [-0.39, 0.29) is 0 Å². The van der Waals surface area contributed by atoms with Crippen molar-refractivity contribution >= 4 is 0 Å². The van der Waals surface area contributed by atoms with E-state index in [0.29, 0.717) is 19.1 Å². The first kappa shape index (κ1) is 19.6. The summed E-state index contributed by atoms with van der Waals surface area (Å²) in [6.45, 7) is 12.4. The SMILES string of the molecule is CC(c1cccc(COCCN2CC2)c1)c1cccc(COCCN2CC2)c1. The summed E-state index contributed by atoms with van der Waals surface area (Å²) in [6, 6.07) is 17.6. The zero-order valence-electron chi connectivity index (χ0n) is 17.0. The van der Waals surface area contributed by atoms with Gasteiger partial charge < -0.3 is 9.47 Å². The van der Waals surface area contributed by atoms with Crippen molar-refractivity contribution < 1.29 is 9.47 Å². The minimum Gasteiger partial charge on any atom is -0.375 e. The highest BCUT2D eigenvalue weighted by Gasteiger charge is 2.16. The first-order valence-corrected chi connectivity index (χ1v) is 10.6. The van der Waals surface area contributed by atoms with Crippen LogP contribution in [0, 0.1) is 0 Å². The van der Waals surface area contributed by atoms with Crippen LogP contribution in [0.15, 0.2) is 48.5 Å². The van der Waals surface area contributed by atoms with Crippen LogP contribution < -0.4 is 0 Å². The summed E-state index contributed by atoms with van der Waals surface area (Å²) in [4.78, 5) is 4.78. The molecule has 4 heteroatoms. The van der Waals surface area contributed by atoms with Gasteiger partial charge >= 0.3 is 0 Å². The third-order valence-corrected chi connectivity index (χ3v) is 5.62. The van der Waals surface area contributed by atoms with E-state index in [0.717, 1.165) is 26.3 Å². The molecule has 0 aromatic heterocycles. The molecule has 0 amide bonds. The maximum Gasteiger partial charge on any atom is 0.0717 e. The molecule has 0 radical (unpaired) electrons. The number of benzene rings is 2. The van der Waals surface area contributed by atoms with Crippen LogP contribution in [0.2, 0.25) is 0 Å². The topological polar surface area (TPSA) is 24.5 Å². The van der Waals surface area contributed by atoms with Crippen molar-refractivity contribution in [2.75, 3.05) is 52.5 Å². The Morgan fingerprint density at radius 1 is 0.750 bits per heavy atom. The van der Waals surface area contributed by atoms with E-state index in [9.17, 15) is 0 Å². The second-order valence-electron chi connectivity index (χ2n) is 8.00. The highest BCUT2D eigenvalue weighted by molar-refractivity contribution is 5.36. The molecule has 2 aromatic carbocycles. The van der Waals surface area contributed by atoms with Gasteiger partial charge in [-0.25, -0.2) is 0 Å². The average Bonchev–Trinajstić information content (AvgIpc) is 3.64. The van der Waals surface area contributed by atoms with Gasteiger partial charge in [0.1, 0.15) is 0 Å². The van der Waals surface area contributed by atoms with E-state index in [4.69, 9.17) is 9.47 Å². The number of hydrogen-bond acceptors (Lipinski definition) is 4. The minimum atomic E-state index is 0.357. The summed E-state index contributed by atoms with van der Waals surface area (Å²) in [5, 5.41) is 0. The third-order valence-electron chi connectivity index (χ3n) is 5.62. The smallest absolute Gasteiger partial charge is 0.0717 e. The fourth-order valence-electron chi connectivity index (χ4n) is 3.45. The predicted octanol–water partition coefficient (Wildman–Crippen LogP) is 3.50. The van der Waals surface area contributed by atoms with Crippen LogP contribution >= 0.6 is 0 Å². The van der Waals surface area contributed by atoms with Crippen LogP contribution in [-0.4, -0.2) is 62.3 Å². The molecule has 2 saturated heterocycles. The third kappa shape index (κ3) is 6.14. The molecule has 0 unspecified atom stereocenters. The van der Waals surface area contributed by atoms with Gasteiger partial charge in [-0.3, -0.25) is 9.80 Å². The first-order chi connectivity index (χ1) is 13.8. The molecule has 2 heterocycles. The zero-order chi connectivity index (χ0) is 19.2. The van der Waals surface area contributed by atoms with Gasteiger partial charge in [-0.05, 0) is 22.3 Å². The fourth-order valence-corrected chi connectivity index (χ4v) is 3.45. The Kier molecular flexibility index (Phi) is 6.76. The van der Waals surface area contributed by atoms with Crippen LogP contribution in [0.1, 0.15) is 35.1 Å². The summed E-state index contributed by atoms with van der Waals surface area (Å²) in [5.74, 6) is 0.357. The van der Waals surface area contributed by atoms with Crippen molar-refractivity contribution in [1.82, 2.24) is 9.80 Å². The Morgan fingerprint density at radius 3 is 1.64 bits per heavy atom. The average molecular weight is 381 g/mol. The number of nitrogens with zero attached hydrogens (tertiary/aromatic N) is 2. The number of ether oxygens (including phenoxy) is 2. The van der Waals surface area contributed by atoms with Crippen LogP contribution in [0.3, 0.4) is 0 Å². The Labute approximate surface area is 169 Å². The normalized spacial score (nSPS) is 16.6. The zero-order valence-corrected chi connectivity index (χ0v) is 17.0. The molecule has 2 aromatic rings. The van der Waals surface area contributed by atoms with E-state index in [2.05, 4.69) is 65.3 Å². The van der Waals surface area contributed by atoms with E-state index >= 15 is 0 Å². The largest absolute Gasteiger partial charge is 0.375 e. The monoisotopic (exact) mass is 380 g/mol. The molecule has 2 aliphatic heterocycles. The van der Waals surface area contributed by atoms with E-state index < -0.39 is 0 Å².